The second-order valence-corrected chi connectivity index (χ2v) is 5.99. The van der Waals surface area contributed by atoms with Crippen LogP contribution in [0, 0.1) is 0 Å². The predicted molar refractivity (Wildman–Crippen MR) is 82.1 cm³/mol. The number of halogens is 1. The summed E-state index contributed by atoms with van der Waals surface area (Å²) in [6.45, 7) is 0.577. The summed E-state index contributed by atoms with van der Waals surface area (Å²) in [5.74, 6) is 5.36. The molecule has 19 heavy (non-hydrogen) atoms. The quantitative estimate of drug-likeness (QED) is 0.664. The summed E-state index contributed by atoms with van der Waals surface area (Å²) < 4.78 is 1.04. The first-order chi connectivity index (χ1) is 9.11. The van der Waals surface area contributed by atoms with Crippen molar-refractivity contribution in [3.8, 4) is 0 Å². The molecule has 0 fully saturated rings. The molecule has 0 unspecified atom stereocenters. The maximum absolute atomic E-state index is 12.4. The van der Waals surface area contributed by atoms with Gasteiger partial charge in [-0.15, -0.1) is 11.3 Å². The largest absolute Gasteiger partial charge is 0.336 e. The van der Waals surface area contributed by atoms with Crippen LogP contribution in [0.4, 0.5) is 5.69 Å². The van der Waals surface area contributed by atoms with Crippen LogP contribution in [0.15, 0.2) is 40.2 Å². The van der Waals surface area contributed by atoms with Crippen molar-refractivity contribution >= 4 is 38.9 Å². The molecule has 4 nitrogen and oxygen atoms in total. The molecule has 1 amide bonds. The Morgan fingerprint density at radius 2 is 2.21 bits per heavy atom. The van der Waals surface area contributed by atoms with Crippen LogP contribution in [-0.2, 0) is 6.54 Å². The molecule has 2 rings (SSSR count). The van der Waals surface area contributed by atoms with E-state index in [4.69, 9.17) is 5.84 Å². The monoisotopic (exact) mass is 339 g/mol. The first-order valence-corrected chi connectivity index (χ1v) is 7.33. The minimum atomic E-state index is -0.0573. The molecule has 0 saturated carbocycles. The van der Waals surface area contributed by atoms with E-state index >= 15 is 0 Å². The number of nitrogens with zero attached hydrogens (tertiary/aromatic N) is 1. The maximum Gasteiger partial charge on any atom is 0.256 e. The topological polar surface area (TPSA) is 58.4 Å². The van der Waals surface area contributed by atoms with Crippen molar-refractivity contribution in [2.45, 2.75) is 6.54 Å². The molecule has 0 atom stereocenters. The van der Waals surface area contributed by atoms with Crippen molar-refractivity contribution in [1.82, 2.24) is 4.90 Å². The minimum absolute atomic E-state index is 0.0573. The Morgan fingerprint density at radius 1 is 1.47 bits per heavy atom. The Labute approximate surface area is 124 Å². The minimum Gasteiger partial charge on any atom is -0.336 e. The number of anilines is 1. The summed E-state index contributed by atoms with van der Waals surface area (Å²) in [6, 6.07) is 9.22. The van der Waals surface area contributed by atoms with Crippen LogP contribution in [0.3, 0.4) is 0 Å². The van der Waals surface area contributed by atoms with Crippen LogP contribution in [0.1, 0.15) is 15.2 Å². The summed E-state index contributed by atoms with van der Waals surface area (Å²) >= 11 is 5.03. The molecular weight excluding hydrogens is 326 g/mol. The van der Waals surface area contributed by atoms with Crippen molar-refractivity contribution in [3.05, 3.63) is 50.6 Å². The highest BCUT2D eigenvalue weighted by molar-refractivity contribution is 9.10. The number of thiophene rings is 1. The van der Waals surface area contributed by atoms with E-state index in [1.165, 1.54) is 0 Å². The molecule has 0 aliphatic carbocycles. The van der Waals surface area contributed by atoms with Crippen molar-refractivity contribution in [1.29, 1.82) is 0 Å². The van der Waals surface area contributed by atoms with E-state index in [0.717, 1.165) is 9.35 Å². The van der Waals surface area contributed by atoms with Gasteiger partial charge in [0.1, 0.15) is 0 Å². The second kappa shape index (κ2) is 6.18. The van der Waals surface area contributed by atoms with Gasteiger partial charge in [-0.05, 0) is 34.1 Å². The zero-order chi connectivity index (χ0) is 13.8. The number of nitrogen functional groups attached to an aromatic ring is 1. The molecule has 1 heterocycles. The zero-order valence-corrected chi connectivity index (χ0v) is 12.8. The molecule has 0 radical (unpaired) electrons. The first kappa shape index (κ1) is 14.0. The summed E-state index contributed by atoms with van der Waals surface area (Å²) in [6.07, 6.45) is 0. The van der Waals surface area contributed by atoms with Crippen molar-refractivity contribution in [2.24, 2.45) is 5.84 Å². The highest BCUT2D eigenvalue weighted by Crippen LogP contribution is 2.22. The van der Waals surface area contributed by atoms with Gasteiger partial charge in [0.25, 0.3) is 5.91 Å². The van der Waals surface area contributed by atoms with Crippen LogP contribution in [0.5, 0.6) is 0 Å². The Kier molecular flexibility index (Phi) is 4.57. The molecule has 1 aromatic carbocycles. The number of carbonyl (C=O) groups excluding carboxylic acids is 1. The second-order valence-electron chi connectivity index (χ2n) is 4.08. The Morgan fingerprint density at radius 3 is 2.84 bits per heavy atom. The van der Waals surface area contributed by atoms with Crippen LogP contribution in [0.25, 0.3) is 0 Å². The third kappa shape index (κ3) is 3.34. The van der Waals surface area contributed by atoms with Gasteiger partial charge in [-0.1, -0.05) is 12.1 Å². The van der Waals surface area contributed by atoms with Crippen LogP contribution < -0.4 is 11.3 Å². The zero-order valence-electron chi connectivity index (χ0n) is 10.4. The van der Waals surface area contributed by atoms with Gasteiger partial charge in [-0.25, -0.2) is 0 Å². The van der Waals surface area contributed by atoms with Crippen LogP contribution in [-0.4, -0.2) is 17.9 Å². The van der Waals surface area contributed by atoms with E-state index in [2.05, 4.69) is 21.4 Å². The average molecular weight is 340 g/mol. The fourth-order valence-electron chi connectivity index (χ4n) is 1.74. The van der Waals surface area contributed by atoms with E-state index < -0.39 is 0 Å². The number of hydrogen-bond donors (Lipinski definition) is 2. The highest BCUT2D eigenvalue weighted by Gasteiger charge is 2.15. The number of nitrogens with one attached hydrogen (secondary N) is 1. The SMILES string of the molecule is CN(Cc1cc(Br)cs1)C(=O)c1ccccc1NN. The molecule has 2 aromatic rings. The average Bonchev–Trinajstić information content (AvgIpc) is 2.83. The number of nitrogens with two attached hydrogens (primary N) is 1. The lowest BCUT2D eigenvalue weighted by atomic mass is 10.1. The predicted octanol–water partition coefficient (Wildman–Crippen LogP) is 3.07. The fraction of sp³-hybridized carbons (Fsp3) is 0.154. The van der Waals surface area contributed by atoms with E-state index in [1.54, 1.807) is 35.4 Å². The van der Waals surface area contributed by atoms with Gasteiger partial charge >= 0.3 is 0 Å². The highest BCUT2D eigenvalue weighted by atomic mass is 79.9. The Hall–Kier alpha value is -1.37. The molecule has 3 N–H and O–H groups in total. The Balaban J connectivity index is 2.14. The number of benzene rings is 1. The lowest BCUT2D eigenvalue weighted by Gasteiger charge is -2.18. The van der Waals surface area contributed by atoms with Gasteiger partial charge in [-0.2, -0.15) is 0 Å². The number of hydrazine groups is 1. The van der Waals surface area contributed by atoms with Crippen molar-refractivity contribution < 1.29 is 4.79 Å². The summed E-state index contributed by atoms with van der Waals surface area (Å²) in [7, 11) is 1.78. The van der Waals surface area contributed by atoms with Crippen molar-refractivity contribution in [3.63, 3.8) is 0 Å². The number of rotatable bonds is 4. The van der Waals surface area contributed by atoms with Gasteiger partial charge in [0.15, 0.2) is 0 Å². The molecule has 0 spiro atoms. The van der Waals surface area contributed by atoms with Gasteiger partial charge in [-0.3, -0.25) is 10.6 Å². The third-order valence-electron chi connectivity index (χ3n) is 2.67. The smallest absolute Gasteiger partial charge is 0.256 e. The number of carbonyl (C=O) groups is 1. The molecule has 0 aliphatic rings. The molecule has 6 heteroatoms. The molecule has 100 valence electrons. The summed E-state index contributed by atoms with van der Waals surface area (Å²) in [5, 5.41) is 2.00. The van der Waals surface area contributed by atoms with Gasteiger partial charge < -0.3 is 10.3 Å². The molecule has 0 saturated heterocycles. The fourth-order valence-corrected chi connectivity index (χ4v) is 3.25. The lowest BCUT2D eigenvalue weighted by Crippen LogP contribution is -2.27. The molecule has 0 aliphatic heterocycles. The molecular formula is C13H14BrN3OS. The first-order valence-electron chi connectivity index (χ1n) is 5.66. The van der Waals surface area contributed by atoms with Gasteiger partial charge in [0.2, 0.25) is 0 Å². The number of para-hydroxylation sites is 1. The van der Waals surface area contributed by atoms with Crippen molar-refractivity contribution in [2.75, 3.05) is 12.5 Å². The van der Waals surface area contributed by atoms with Crippen LogP contribution >= 0.6 is 27.3 Å². The summed E-state index contributed by atoms with van der Waals surface area (Å²) in [5.41, 5.74) is 3.75. The van der Waals surface area contributed by atoms with E-state index in [-0.39, 0.29) is 5.91 Å². The maximum atomic E-state index is 12.4. The molecule has 0 bridgehead atoms. The van der Waals surface area contributed by atoms with E-state index in [0.29, 0.717) is 17.8 Å². The van der Waals surface area contributed by atoms with Gasteiger partial charge in [0, 0.05) is 21.8 Å². The van der Waals surface area contributed by atoms with E-state index in [1.807, 2.05) is 23.6 Å². The molecule has 1 aromatic heterocycles. The normalized spacial score (nSPS) is 10.3. The standard InChI is InChI=1S/C13H14BrN3OS/c1-17(7-10-6-9(14)8-19-10)13(18)11-4-2-3-5-12(11)16-15/h2-6,8,16H,7,15H2,1H3. The number of amides is 1. The third-order valence-corrected chi connectivity index (χ3v) is 4.36. The van der Waals surface area contributed by atoms with Gasteiger partial charge in [0.05, 0.1) is 17.8 Å². The number of hydrogen-bond acceptors (Lipinski definition) is 4. The lowest BCUT2D eigenvalue weighted by molar-refractivity contribution is 0.0787. The summed E-state index contributed by atoms with van der Waals surface area (Å²) in [4.78, 5) is 15.2. The van der Waals surface area contributed by atoms with Crippen LogP contribution in [0.2, 0.25) is 0 Å². The van der Waals surface area contributed by atoms with E-state index in [9.17, 15) is 4.79 Å². The Bertz CT molecular complexity index is 585.